The van der Waals surface area contributed by atoms with Crippen molar-refractivity contribution in [2.24, 2.45) is 5.73 Å². The fourth-order valence-corrected chi connectivity index (χ4v) is 1.92. The van der Waals surface area contributed by atoms with Gasteiger partial charge in [0, 0.05) is 5.56 Å². The molecule has 2 aromatic carbocycles. The molecule has 2 rings (SSSR count). The van der Waals surface area contributed by atoms with E-state index in [4.69, 9.17) is 5.73 Å². The summed E-state index contributed by atoms with van der Waals surface area (Å²) in [4.78, 5) is 11.3. The van der Waals surface area contributed by atoms with Crippen LogP contribution in [-0.2, 0) is 12.8 Å². The van der Waals surface area contributed by atoms with Gasteiger partial charge in [-0.25, -0.2) is 0 Å². The van der Waals surface area contributed by atoms with Crippen molar-refractivity contribution in [2.75, 3.05) is 0 Å². The molecule has 0 aliphatic rings. The van der Waals surface area contributed by atoms with Crippen molar-refractivity contribution < 1.29 is 9.90 Å². The molecule has 0 aliphatic heterocycles. The van der Waals surface area contributed by atoms with E-state index in [1.54, 1.807) is 18.2 Å². The van der Waals surface area contributed by atoms with Gasteiger partial charge >= 0.3 is 0 Å². The maximum absolute atomic E-state index is 11.3. The highest BCUT2D eigenvalue weighted by molar-refractivity contribution is 5.94. The molecule has 92 valence electrons. The first-order valence-corrected chi connectivity index (χ1v) is 5.82. The molecule has 2 aromatic rings. The Morgan fingerprint density at radius 1 is 1.00 bits per heavy atom. The number of amides is 1. The number of aromatic hydroxyl groups is 1. The fraction of sp³-hybridized carbons (Fsp3) is 0.133. The number of primary amides is 1. The topological polar surface area (TPSA) is 63.3 Å². The van der Waals surface area contributed by atoms with Gasteiger partial charge in [-0.1, -0.05) is 30.3 Å². The molecular formula is C15H15NO2. The molecular weight excluding hydrogens is 226 g/mol. The predicted molar refractivity (Wildman–Crippen MR) is 70.5 cm³/mol. The largest absolute Gasteiger partial charge is 0.508 e. The van der Waals surface area contributed by atoms with Gasteiger partial charge in [-0.2, -0.15) is 0 Å². The van der Waals surface area contributed by atoms with Crippen molar-refractivity contribution in [3.8, 4) is 5.75 Å². The second-order valence-electron chi connectivity index (χ2n) is 4.19. The van der Waals surface area contributed by atoms with Crippen molar-refractivity contribution >= 4 is 5.91 Å². The molecule has 0 saturated heterocycles. The lowest BCUT2D eigenvalue weighted by atomic mass is 9.99. The summed E-state index contributed by atoms with van der Waals surface area (Å²) in [6.07, 6.45) is 1.56. The molecule has 3 N–H and O–H groups in total. The highest BCUT2D eigenvalue weighted by Crippen LogP contribution is 2.14. The minimum atomic E-state index is -0.392. The standard InChI is InChI=1S/C15H15NO2/c16-15(18)14-4-2-1-3-12(14)8-5-11-6-9-13(17)10-7-11/h1-4,6-7,9-10,17H,5,8H2,(H2,16,18). The number of carbonyl (C=O) groups is 1. The van der Waals surface area contributed by atoms with Crippen LogP contribution < -0.4 is 5.73 Å². The van der Waals surface area contributed by atoms with Gasteiger partial charge in [0.15, 0.2) is 0 Å². The van der Waals surface area contributed by atoms with Crippen LogP contribution in [0.1, 0.15) is 21.5 Å². The van der Waals surface area contributed by atoms with Gasteiger partial charge in [0.25, 0.3) is 0 Å². The van der Waals surface area contributed by atoms with E-state index >= 15 is 0 Å². The summed E-state index contributed by atoms with van der Waals surface area (Å²) in [5, 5.41) is 9.20. The Kier molecular flexibility index (Phi) is 3.63. The maximum Gasteiger partial charge on any atom is 0.248 e. The summed E-state index contributed by atoms with van der Waals surface area (Å²) < 4.78 is 0. The van der Waals surface area contributed by atoms with Crippen LogP contribution in [0.3, 0.4) is 0 Å². The second kappa shape index (κ2) is 5.36. The molecule has 0 fully saturated rings. The van der Waals surface area contributed by atoms with Crippen LogP contribution >= 0.6 is 0 Å². The van der Waals surface area contributed by atoms with E-state index < -0.39 is 5.91 Å². The van der Waals surface area contributed by atoms with Gasteiger partial charge in [0.2, 0.25) is 5.91 Å². The first-order chi connectivity index (χ1) is 8.66. The molecule has 0 spiro atoms. The lowest BCUT2D eigenvalue weighted by Gasteiger charge is -2.06. The second-order valence-corrected chi connectivity index (χ2v) is 4.19. The number of phenolic OH excluding ortho intramolecular Hbond substituents is 1. The van der Waals surface area contributed by atoms with Crippen LogP contribution in [0.4, 0.5) is 0 Å². The van der Waals surface area contributed by atoms with Crippen LogP contribution in [0.15, 0.2) is 48.5 Å². The molecule has 18 heavy (non-hydrogen) atoms. The van der Waals surface area contributed by atoms with E-state index in [9.17, 15) is 9.90 Å². The molecule has 0 bridgehead atoms. The van der Waals surface area contributed by atoms with E-state index in [-0.39, 0.29) is 5.75 Å². The molecule has 0 saturated carbocycles. The highest BCUT2D eigenvalue weighted by Gasteiger charge is 2.06. The van der Waals surface area contributed by atoms with Crippen molar-refractivity contribution in [2.45, 2.75) is 12.8 Å². The average Bonchev–Trinajstić information content (AvgIpc) is 2.38. The van der Waals surface area contributed by atoms with E-state index in [0.29, 0.717) is 5.56 Å². The van der Waals surface area contributed by atoms with Crippen molar-refractivity contribution in [3.05, 3.63) is 65.2 Å². The van der Waals surface area contributed by atoms with E-state index in [2.05, 4.69) is 0 Å². The molecule has 0 aromatic heterocycles. The van der Waals surface area contributed by atoms with E-state index in [1.807, 2.05) is 30.3 Å². The number of benzene rings is 2. The van der Waals surface area contributed by atoms with Crippen molar-refractivity contribution in [3.63, 3.8) is 0 Å². The predicted octanol–water partition coefficient (Wildman–Crippen LogP) is 2.28. The molecule has 0 heterocycles. The summed E-state index contributed by atoms with van der Waals surface area (Å²) in [5.74, 6) is -0.132. The van der Waals surface area contributed by atoms with Gasteiger partial charge in [-0.15, -0.1) is 0 Å². The van der Waals surface area contributed by atoms with Crippen LogP contribution in [-0.4, -0.2) is 11.0 Å². The minimum Gasteiger partial charge on any atom is -0.508 e. The van der Waals surface area contributed by atoms with Gasteiger partial charge in [-0.05, 0) is 42.2 Å². The van der Waals surface area contributed by atoms with E-state index in [0.717, 1.165) is 24.0 Å². The molecule has 3 heteroatoms. The van der Waals surface area contributed by atoms with Gasteiger partial charge < -0.3 is 10.8 Å². The first kappa shape index (κ1) is 12.2. The van der Waals surface area contributed by atoms with Crippen molar-refractivity contribution in [1.29, 1.82) is 0 Å². The third-order valence-corrected chi connectivity index (χ3v) is 2.90. The quantitative estimate of drug-likeness (QED) is 0.862. The highest BCUT2D eigenvalue weighted by atomic mass is 16.3. The minimum absolute atomic E-state index is 0.260. The van der Waals surface area contributed by atoms with Crippen LogP contribution in [0.5, 0.6) is 5.75 Å². The number of nitrogens with two attached hydrogens (primary N) is 1. The molecule has 0 atom stereocenters. The number of rotatable bonds is 4. The summed E-state index contributed by atoms with van der Waals surface area (Å²) in [7, 11) is 0. The van der Waals surface area contributed by atoms with Gasteiger partial charge in [0.05, 0.1) is 0 Å². The van der Waals surface area contributed by atoms with Crippen LogP contribution in [0, 0.1) is 0 Å². The Bertz CT molecular complexity index is 547. The number of hydrogen-bond acceptors (Lipinski definition) is 2. The Morgan fingerprint density at radius 2 is 1.67 bits per heavy atom. The SMILES string of the molecule is NC(=O)c1ccccc1CCc1ccc(O)cc1. The lowest BCUT2D eigenvalue weighted by Crippen LogP contribution is -2.13. The lowest BCUT2D eigenvalue weighted by molar-refractivity contribution is 0.0999. The summed E-state index contributed by atoms with van der Waals surface area (Å²) in [6, 6.07) is 14.5. The van der Waals surface area contributed by atoms with Crippen molar-refractivity contribution in [1.82, 2.24) is 0 Å². The molecule has 0 aliphatic carbocycles. The zero-order chi connectivity index (χ0) is 13.0. The Morgan fingerprint density at radius 3 is 2.33 bits per heavy atom. The first-order valence-electron chi connectivity index (χ1n) is 5.82. The molecule has 0 radical (unpaired) electrons. The zero-order valence-corrected chi connectivity index (χ0v) is 9.97. The average molecular weight is 241 g/mol. The summed E-state index contributed by atoms with van der Waals surface area (Å²) >= 11 is 0. The van der Waals surface area contributed by atoms with Gasteiger partial charge in [-0.3, -0.25) is 4.79 Å². The third-order valence-electron chi connectivity index (χ3n) is 2.90. The fourth-order valence-electron chi connectivity index (χ4n) is 1.92. The number of aryl methyl sites for hydroxylation is 2. The molecule has 0 unspecified atom stereocenters. The summed E-state index contributed by atoms with van der Waals surface area (Å²) in [5.41, 5.74) is 7.99. The Balaban J connectivity index is 2.10. The Labute approximate surface area is 106 Å². The zero-order valence-electron chi connectivity index (χ0n) is 9.97. The van der Waals surface area contributed by atoms with Gasteiger partial charge in [0.1, 0.15) is 5.75 Å². The normalized spacial score (nSPS) is 10.2. The monoisotopic (exact) mass is 241 g/mol. The number of phenols is 1. The summed E-state index contributed by atoms with van der Waals surface area (Å²) in [6.45, 7) is 0. The van der Waals surface area contributed by atoms with Crippen LogP contribution in [0.25, 0.3) is 0 Å². The van der Waals surface area contributed by atoms with E-state index in [1.165, 1.54) is 0 Å². The number of carbonyl (C=O) groups excluding carboxylic acids is 1. The smallest absolute Gasteiger partial charge is 0.248 e. The van der Waals surface area contributed by atoms with Crippen LogP contribution in [0.2, 0.25) is 0 Å². The third kappa shape index (κ3) is 2.88. The number of hydrogen-bond donors (Lipinski definition) is 2. The maximum atomic E-state index is 11.3. The Hall–Kier alpha value is -2.29. The molecule has 3 nitrogen and oxygen atoms in total. The molecule has 1 amide bonds.